The zero-order chi connectivity index (χ0) is 13.0. The highest BCUT2D eigenvalue weighted by molar-refractivity contribution is 7.89. The van der Waals surface area contributed by atoms with E-state index < -0.39 is 10.0 Å². The molecule has 0 unspecified atom stereocenters. The normalized spacial score (nSPS) is 11.6. The van der Waals surface area contributed by atoms with Crippen LogP contribution in [-0.2, 0) is 23.2 Å². The molecule has 0 bridgehead atoms. The fraction of sp³-hybridized carbons (Fsp3) is 0.182. The van der Waals surface area contributed by atoms with Crippen molar-refractivity contribution < 1.29 is 13.5 Å². The molecule has 0 spiro atoms. The van der Waals surface area contributed by atoms with E-state index in [0.717, 1.165) is 11.1 Å². The quantitative estimate of drug-likeness (QED) is 0.730. The lowest BCUT2D eigenvalue weighted by Gasteiger charge is -2.06. The SMILES string of the molecule is O=S(=O)(NCc1cccc(CO)c1)c1cnc[nH]1. The Morgan fingerprint density at radius 1 is 1.33 bits per heavy atom. The van der Waals surface area contributed by atoms with Crippen molar-refractivity contribution in [2.45, 2.75) is 18.2 Å². The summed E-state index contributed by atoms with van der Waals surface area (Å²) in [6.07, 6.45) is 2.55. The van der Waals surface area contributed by atoms with Gasteiger partial charge in [0.25, 0.3) is 10.0 Å². The molecule has 1 aromatic heterocycles. The number of hydrogen-bond acceptors (Lipinski definition) is 4. The maximum Gasteiger partial charge on any atom is 0.257 e. The Balaban J connectivity index is 2.07. The molecule has 0 atom stereocenters. The Morgan fingerprint density at radius 2 is 2.11 bits per heavy atom. The Morgan fingerprint density at radius 3 is 2.78 bits per heavy atom. The summed E-state index contributed by atoms with van der Waals surface area (Å²) < 4.78 is 26.0. The maximum absolute atomic E-state index is 11.8. The van der Waals surface area contributed by atoms with E-state index in [-0.39, 0.29) is 18.2 Å². The minimum absolute atomic E-state index is 0.0285. The molecule has 2 rings (SSSR count). The first-order chi connectivity index (χ1) is 8.62. The summed E-state index contributed by atoms with van der Waals surface area (Å²) in [5.74, 6) is 0. The van der Waals surface area contributed by atoms with Gasteiger partial charge in [-0.1, -0.05) is 24.3 Å². The van der Waals surface area contributed by atoms with Crippen LogP contribution >= 0.6 is 0 Å². The van der Waals surface area contributed by atoms with Gasteiger partial charge < -0.3 is 10.1 Å². The summed E-state index contributed by atoms with van der Waals surface area (Å²) in [5, 5.41) is 9.02. The fourth-order valence-electron chi connectivity index (χ4n) is 1.48. The number of H-pyrrole nitrogens is 1. The zero-order valence-corrected chi connectivity index (χ0v) is 10.3. The fourth-order valence-corrected chi connectivity index (χ4v) is 2.40. The lowest BCUT2D eigenvalue weighted by molar-refractivity contribution is 0.281. The minimum Gasteiger partial charge on any atom is -0.392 e. The third kappa shape index (κ3) is 2.95. The van der Waals surface area contributed by atoms with Crippen molar-refractivity contribution >= 4 is 10.0 Å². The molecule has 0 aliphatic carbocycles. The number of aliphatic hydroxyl groups excluding tert-OH is 1. The molecule has 1 heterocycles. The Hall–Kier alpha value is -1.70. The number of benzene rings is 1. The van der Waals surface area contributed by atoms with Crippen LogP contribution in [-0.4, -0.2) is 23.5 Å². The van der Waals surface area contributed by atoms with Gasteiger partial charge in [-0.25, -0.2) is 18.1 Å². The van der Waals surface area contributed by atoms with Crippen LogP contribution in [0.1, 0.15) is 11.1 Å². The summed E-state index contributed by atoms with van der Waals surface area (Å²) in [5.41, 5.74) is 1.53. The van der Waals surface area contributed by atoms with E-state index >= 15 is 0 Å². The Kier molecular flexibility index (Phi) is 3.75. The number of nitrogens with one attached hydrogen (secondary N) is 2. The smallest absolute Gasteiger partial charge is 0.257 e. The summed E-state index contributed by atoms with van der Waals surface area (Å²) in [4.78, 5) is 6.20. The molecule has 3 N–H and O–H groups in total. The molecule has 6 nitrogen and oxygen atoms in total. The second-order valence-corrected chi connectivity index (χ2v) is 5.45. The second kappa shape index (κ2) is 5.30. The van der Waals surface area contributed by atoms with Crippen LogP contribution < -0.4 is 4.72 Å². The predicted octanol–water partition coefficient (Wildman–Crippen LogP) is 0.381. The largest absolute Gasteiger partial charge is 0.392 e. The number of rotatable bonds is 5. The van der Waals surface area contributed by atoms with Gasteiger partial charge in [0, 0.05) is 6.54 Å². The number of aliphatic hydroxyl groups is 1. The van der Waals surface area contributed by atoms with Crippen molar-refractivity contribution in [3.05, 3.63) is 47.9 Å². The van der Waals surface area contributed by atoms with Gasteiger partial charge in [0.05, 0.1) is 19.1 Å². The van der Waals surface area contributed by atoms with Gasteiger partial charge in [-0.3, -0.25) is 0 Å². The van der Waals surface area contributed by atoms with Gasteiger partial charge in [-0.2, -0.15) is 0 Å². The topological polar surface area (TPSA) is 95.1 Å². The molecule has 96 valence electrons. The molecular weight excluding hydrogens is 254 g/mol. The monoisotopic (exact) mass is 267 g/mol. The highest BCUT2D eigenvalue weighted by Crippen LogP contribution is 2.07. The molecular formula is C11H13N3O3S. The predicted molar refractivity (Wildman–Crippen MR) is 65.0 cm³/mol. The first-order valence-corrected chi connectivity index (χ1v) is 6.77. The van der Waals surface area contributed by atoms with Gasteiger partial charge in [-0.05, 0) is 11.1 Å². The van der Waals surface area contributed by atoms with E-state index in [1.54, 1.807) is 24.3 Å². The molecule has 2 aromatic rings. The average Bonchev–Trinajstić information content (AvgIpc) is 2.91. The molecule has 1 aromatic carbocycles. The van der Waals surface area contributed by atoms with Crippen molar-refractivity contribution in [1.82, 2.24) is 14.7 Å². The molecule has 0 aliphatic heterocycles. The third-order valence-electron chi connectivity index (χ3n) is 2.40. The lowest BCUT2D eigenvalue weighted by atomic mass is 10.1. The number of aromatic nitrogens is 2. The molecule has 0 radical (unpaired) electrons. The van der Waals surface area contributed by atoms with Crippen molar-refractivity contribution in [3.63, 3.8) is 0 Å². The van der Waals surface area contributed by atoms with Gasteiger partial charge >= 0.3 is 0 Å². The van der Waals surface area contributed by atoms with E-state index in [4.69, 9.17) is 5.11 Å². The van der Waals surface area contributed by atoms with Crippen LogP contribution in [0.2, 0.25) is 0 Å². The van der Waals surface area contributed by atoms with Crippen LogP contribution in [0, 0.1) is 0 Å². The minimum atomic E-state index is -3.57. The maximum atomic E-state index is 11.8. The third-order valence-corrected chi connectivity index (χ3v) is 3.73. The summed E-state index contributed by atoms with van der Waals surface area (Å²) >= 11 is 0. The number of imidazole rings is 1. The van der Waals surface area contributed by atoms with Crippen LogP contribution in [0.3, 0.4) is 0 Å². The van der Waals surface area contributed by atoms with E-state index in [9.17, 15) is 8.42 Å². The van der Waals surface area contributed by atoms with E-state index in [2.05, 4.69) is 14.7 Å². The number of sulfonamides is 1. The number of hydrogen-bond donors (Lipinski definition) is 3. The van der Waals surface area contributed by atoms with Crippen molar-refractivity contribution in [2.75, 3.05) is 0 Å². The van der Waals surface area contributed by atoms with Gasteiger partial charge in [0.15, 0.2) is 5.03 Å². The van der Waals surface area contributed by atoms with Crippen LogP contribution in [0.15, 0.2) is 41.8 Å². The molecule has 0 amide bonds. The second-order valence-electron chi connectivity index (χ2n) is 3.72. The first kappa shape index (κ1) is 12.7. The molecule has 18 heavy (non-hydrogen) atoms. The van der Waals surface area contributed by atoms with Gasteiger partial charge in [-0.15, -0.1) is 0 Å². The average molecular weight is 267 g/mol. The molecule has 7 heteroatoms. The Bertz CT molecular complexity index is 608. The highest BCUT2D eigenvalue weighted by atomic mass is 32.2. The number of nitrogens with zero attached hydrogens (tertiary/aromatic N) is 1. The van der Waals surface area contributed by atoms with Gasteiger partial charge in [0.1, 0.15) is 0 Å². The van der Waals surface area contributed by atoms with E-state index in [0.29, 0.717) is 0 Å². The van der Waals surface area contributed by atoms with Crippen molar-refractivity contribution in [2.24, 2.45) is 0 Å². The summed E-state index contributed by atoms with van der Waals surface area (Å²) in [6.45, 7) is 0.0936. The number of aromatic amines is 1. The van der Waals surface area contributed by atoms with Crippen LogP contribution in [0.4, 0.5) is 0 Å². The standard InChI is InChI=1S/C11H13N3O3S/c15-7-10-3-1-2-9(4-10)5-14-18(16,17)11-6-12-8-13-11/h1-4,6,8,14-15H,5,7H2,(H,12,13). The zero-order valence-electron chi connectivity index (χ0n) is 9.50. The van der Waals surface area contributed by atoms with Crippen LogP contribution in [0.5, 0.6) is 0 Å². The molecule has 0 saturated heterocycles. The molecule has 0 saturated carbocycles. The van der Waals surface area contributed by atoms with Gasteiger partial charge in [0.2, 0.25) is 0 Å². The highest BCUT2D eigenvalue weighted by Gasteiger charge is 2.14. The lowest BCUT2D eigenvalue weighted by Crippen LogP contribution is -2.23. The molecule has 0 aliphatic rings. The van der Waals surface area contributed by atoms with Crippen molar-refractivity contribution in [1.29, 1.82) is 0 Å². The Labute approximate surface area is 105 Å². The van der Waals surface area contributed by atoms with E-state index in [1.165, 1.54) is 12.5 Å². The summed E-state index contributed by atoms with van der Waals surface area (Å²) in [7, 11) is -3.57. The summed E-state index contributed by atoms with van der Waals surface area (Å²) in [6, 6.07) is 7.07. The molecule has 0 fully saturated rings. The first-order valence-electron chi connectivity index (χ1n) is 5.28. The van der Waals surface area contributed by atoms with E-state index in [1.807, 2.05) is 0 Å². The van der Waals surface area contributed by atoms with Crippen LogP contribution in [0.25, 0.3) is 0 Å². The van der Waals surface area contributed by atoms with Crippen molar-refractivity contribution in [3.8, 4) is 0 Å².